The van der Waals surface area contributed by atoms with Crippen LogP contribution >= 0.6 is 7.82 Å². The van der Waals surface area contributed by atoms with E-state index < -0.39 is 26.6 Å². The molecule has 278 valence electrons. The molecule has 0 saturated carbocycles. The van der Waals surface area contributed by atoms with Crippen molar-refractivity contribution in [2.45, 2.75) is 142 Å². The van der Waals surface area contributed by atoms with Gasteiger partial charge in [-0.05, 0) is 70.6 Å². The molecule has 0 aromatic carbocycles. The Bertz CT molecular complexity index is 970. The molecule has 0 aliphatic heterocycles. The summed E-state index contributed by atoms with van der Waals surface area (Å²) in [5.74, 6) is -0.232. The highest BCUT2D eigenvalue weighted by Crippen LogP contribution is 2.38. The number of nitrogens with zero attached hydrogens (tertiary/aromatic N) is 1. The lowest BCUT2D eigenvalue weighted by molar-refractivity contribution is -0.870. The number of likely N-dealkylation sites (N-methyl/N-ethyl adjacent to an activating group) is 1. The zero-order chi connectivity index (χ0) is 35.8. The third-order valence-electron chi connectivity index (χ3n) is 7.69. The molecule has 8 nitrogen and oxygen atoms in total. The quantitative estimate of drug-likeness (QED) is 0.0315. The van der Waals surface area contributed by atoms with Crippen LogP contribution in [0.2, 0.25) is 0 Å². The van der Waals surface area contributed by atoms with Crippen LogP contribution in [0.1, 0.15) is 129 Å². The molecular formula is C39H71N2O6P. The van der Waals surface area contributed by atoms with E-state index in [1.807, 2.05) is 27.2 Å². The van der Waals surface area contributed by atoms with Gasteiger partial charge in [-0.1, -0.05) is 113 Å². The van der Waals surface area contributed by atoms with Crippen LogP contribution in [-0.4, -0.2) is 68.5 Å². The van der Waals surface area contributed by atoms with Crippen LogP contribution in [-0.2, 0) is 18.4 Å². The molecule has 48 heavy (non-hydrogen) atoms. The topological polar surface area (TPSA) is 108 Å². The number of aliphatic hydroxyl groups excluding tert-OH is 1. The molecule has 9 heteroatoms. The molecule has 0 spiro atoms. The van der Waals surface area contributed by atoms with E-state index in [-0.39, 0.29) is 12.5 Å². The summed E-state index contributed by atoms with van der Waals surface area (Å²) < 4.78 is 23.0. The number of nitrogens with one attached hydrogen (secondary N) is 1. The molecule has 3 unspecified atom stereocenters. The van der Waals surface area contributed by atoms with Crippen LogP contribution in [0.25, 0.3) is 0 Å². The number of hydrogen-bond donors (Lipinski definition) is 2. The molecule has 0 fully saturated rings. The normalized spacial score (nSPS) is 15.4. The summed E-state index contributed by atoms with van der Waals surface area (Å²) in [6.07, 6.45) is 38.4. The second-order valence-corrected chi connectivity index (χ2v) is 14.9. The van der Waals surface area contributed by atoms with Crippen LogP contribution in [0, 0.1) is 0 Å². The minimum atomic E-state index is -4.59. The molecule has 3 atom stereocenters. The average Bonchev–Trinajstić information content (AvgIpc) is 3.02. The molecule has 0 aliphatic carbocycles. The molecule has 0 radical (unpaired) electrons. The number of carbonyl (C=O) groups is 1. The first-order chi connectivity index (χ1) is 23.0. The molecule has 0 aliphatic rings. The summed E-state index contributed by atoms with van der Waals surface area (Å²) in [5.41, 5.74) is 0. The molecular weight excluding hydrogens is 623 g/mol. The summed E-state index contributed by atoms with van der Waals surface area (Å²) in [6.45, 7) is 4.42. The Morgan fingerprint density at radius 2 is 1.29 bits per heavy atom. The molecule has 2 N–H and O–H groups in total. The summed E-state index contributed by atoms with van der Waals surface area (Å²) >= 11 is 0. The van der Waals surface area contributed by atoms with Gasteiger partial charge in [-0.3, -0.25) is 9.36 Å². The largest absolute Gasteiger partial charge is 0.756 e. The van der Waals surface area contributed by atoms with Crippen molar-refractivity contribution in [3.63, 3.8) is 0 Å². The number of amides is 1. The maximum Gasteiger partial charge on any atom is 0.268 e. The lowest BCUT2D eigenvalue weighted by Gasteiger charge is -2.29. The maximum atomic E-state index is 12.7. The number of carbonyl (C=O) groups excluding carboxylic acids is 1. The van der Waals surface area contributed by atoms with Gasteiger partial charge in [0.25, 0.3) is 7.82 Å². The zero-order valence-electron chi connectivity index (χ0n) is 31.2. The van der Waals surface area contributed by atoms with E-state index in [0.29, 0.717) is 17.4 Å². The highest BCUT2D eigenvalue weighted by atomic mass is 31.2. The zero-order valence-corrected chi connectivity index (χ0v) is 32.1. The Balaban J connectivity index is 4.59. The van der Waals surface area contributed by atoms with E-state index in [1.165, 1.54) is 32.1 Å². The third-order valence-corrected chi connectivity index (χ3v) is 8.65. The number of allylic oxidation sites excluding steroid dienone is 9. The average molecular weight is 695 g/mol. The summed E-state index contributed by atoms with van der Waals surface area (Å²) in [6, 6.07) is -0.915. The summed E-state index contributed by atoms with van der Waals surface area (Å²) in [7, 11) is 1.21. The van der Waals surface area contributed by atoms with Gasteiger partial charge in [0.1, 0.15) is 13.2 Å². The van der Waals surface area contributed by atoms with Gasteiger partial charge in [-0.15, -0.1) is 0 Å². The smallest absolute Gasteiger partial charge is 0.268 e. The van der Waals surface area contributed by atoms with Crippen molar-refractivity contribution in [3.8, 4) is 0 Å². The van der Waals surface area contributed by atoms with Gasteiger partial charge in [0.05, 0.1) is 39.9 Å². The van der Waals surface area contributed by atoms with Gasteiger partial charge in [0.15, 0.2) is 0 Å². The fraction of sp³-hybridized carbons (Fsp3) is 0.718. The van der Waals surface area contributed by atoms with Crippen molar-refractivity contribution in [2.24, 2.45) is 0 Å². The standard InChI is InChI=1S/C39H71N2O6P/c1-6-8-10-12-14-16-18-19-20-21-22-23-25-27-29-31-33-39(43)40-37(36-47-48(44,45)46-35-34-41(3,4)5)38(42)32-30-28-26-24-17-15-13-11-9-7-2/h9,11,16-18,20-21,24,30,32,37-38,42H,6-8,10,12-15,19,22-23,25-29,31,33-36H2,1-5H3,(H-,40,43,44,45)/b11-9+,18-16-,21-20-,24-17+,32-30+. The Morgan fingerprint density at radius 3 is 1.90 bits per heavy atom. The van der Waals surface area contributed by atoms with Crippen LogP contribution in [0.15, 0.2) is 60.8 Å². The van der Waals surface area contributed by atoms with E-state index in [4.69, 9.17) is 9.05 Å². The highest BCUT2D eigenvalue weighted by molar-refractivity contribution is 7.45. The number of hydrogen-bond acceptors (Lipinski definition) is 6. The van der Waals surface area contributed by atoms with Crippen molar-refractivity contribution in [2.75, 3.05) is 40.9 Å². The highest BCUT2D eigenvalue weighted by Gasteiger charge is 2.23. The van der Waals surface area contributed by atoms with Gasteiger partial charge >= 0.3 is 0 Å². The van der Waals surface area contributed by atoms with Gasteiger partial charge in [-0.2, -0.15) is 0 Å². The van der Waals surface area contributed by atoms with Crippen molar-refractivity contribution >= 4 is 13.7 Å². The monoisotopic (exact) mass is 695 g/mol. The van der Waals surface area contributed by atoms with E-state index in [9.17, 15) is 19.4 Å². The summed E-state index contributed by atoms with van der Waals surface area (Å²) in [4.78, 5) is 25.1. The van der Waals surface area contributed by atoms with Gasteiger partial charge in [0.2, 0.25) is 5.91 Å². The van der Waals surface area contributed by atoms with Gasteiger partial charge < -0.3 is 28.8 Å². The van der Waals surface area contributed by atoms with Crippen LogP contribution in [0.3, 0.4) is 0 Å². The molecule has 0 aromatic heterocycles. The van der Waals surface area contributed by atoms with Crippen molar-refractivity contribution in [1.29, 1.82) is 0 Å². The number of aliphatic hydroxyl groups is 1. The van der Waals surface area contributed by atoms with E-state index in [0.717, 1.165) is 77.0 Å². The minimum absolute atomic E-state index is 0.0148. The Hall–Kier alpha value is -1.80. The Morgan fingerprint density at radius 1 is 0.750 bits per heavy atom. The Kier molecular flexibility index (Phi) is 30.0. The third kappa shape index (κ3) is 32.7. The van der Waals surface area contributed by atoms with Crippen molar-refractivity contribution in [3.05, 3.63) is 60.8 Å². The van der Waals surface area contributed by atoms with Crippen molar-refractivity contribution in [1.82, 2.24) is 5.32 Å². The molecule has 0 aromatic rings. The molecule has 0 saturated heterocycles. The minimum Gasteiger partial charge on any atom is -0.756 e. The lowest BCUT2D eigenvalue weighted by Crippen LogP contribution is -2.45. The first-order valence-corrected chi connectivity index (χ1v) is 20.1. The molecule has 0 rings (SSSR count). The predicted octanol–water partition coefficient (Wildman–Crippen LogP) is 8.88. The maximum absolute atomic E-state index is 12.7. The number of unbranched alkanes of at least 4 members (excludes halogenated alkanes) is 11. The second kappa shape index (κ2) is 31.2. The van der Waals surface area contributed by atoms with Crippen LogP contribution in [0.5, 0.6) is 0 Å². The second-order valence-electron chi connectivity index (χ2n) is 13.5. The molecule has 1 amide bonds. The first kappa shape index (κ1) is 46.2. The lowest BCUT2D eigenvalue weighted by atomic mass is 10.1. The van der Waals surface area contributed by atoms with E-state index >= 15 is 0 Å². The van der Waals surface area contributed by atoms with Crippen LogP contribution in [0.4, 0.5) is 0 Å². The SMILES string of the molecule is CC/C=C/CC/C=C/CC/C=C/C(O)C(COP(=O)([O-])OCC[N+](C)(C)C)NC(=O)CCCCCCC/C=C\C/C=C\CCCCCC. The number of phosphoric ester groups is 1. The van der Waals surface area contributed by atoms with Gasteiger partial charge in [-0.25, -0.2) is 0 Å². The van der Waals surface area contributed by atoms with Gasteiger partial charge in [0, 0.05) is 6.42 Å². The molecule has 0 heterocycles. The Labute approximate surface area is 294 Å². The fourth-order valence-electron chi connectivity index (χ4n) is 4.69. The van der Waals surface area contributed by atoms with Crippen LogP contribution < -0.4 is 10.2 Å². The fourth-order valence-corrected chi connectivity index (χ4v) is 5.41. The van der Waals surface area contributed by atoms with Crippen molar-refractivity contribution < 1.29 is 32.9 Å². The number of phosphoric acid groups is 1. The molecule has 0 bridgehead atoms. The number of rotatable bonds is 32. The summed E-state index contributed by atoms with van der Waals surface area (Å²) in [5, 5.41) is 13.6. The predicted molar refractivity (Wildman–Crippen MR) is 201 cm³/mol. The first-order valence-electron chi connectivity index (χ1n) is 18.7. The number of quaternary nitrogens is 1. The van der Waals surface area contributed by atoms with E-state index in [1.54, 1.807) is 6.08 Å². The van der Waals surface area contributed by atoms with E-state index in [2.05, 4.69) is 67.8 Å².